The molecule has 0 amide bonds. The van der Waals surface area contributed by atoms with Gasteiger partial charge in [-0.15, -0.1) is 11.8 Å². The van der Waals surface area contributed by atoms with E-state index < -0.39 is 11.6 Å². The summed E-state index contributed by atoms with van der Waals surface area (Å²) in [5.74, 6) is -0.934. The van der Waals surface area contributed by atoms with Crippen LogP contribution in [0.3, 0.4) is 0 Å². The van der Waals surface area contributed by atoms with Gasteiger partial charge >= 0.3 is 0 Å². The Bertz CT molecular complexity index is 302. The lowest BCUT2D eigenvalue weighted by Crippen LogP contribution is -1.95. The van der Waals surface area contributed by atoms with E-state index in [9.17, 15) is 8.78 Å². The van der Waals surface area contributed by atoms with Crippen molar-refractivity contribution in [3.05, 3.63) is 23.8 Å². The van der Waals surface area contributed by atoms with Crippen LogP contribution in [-0.4, -0.2) is 5.75 Å². The lowest BCUT2D eigenvalue weighted by atomic mass is 10.3. The predicted molar refractivity (Wildman–Crippen MR) is 51.8 cm³/mol. The minimum Gasteiger partial charge on any atom is -0.398 e. The summed E-state index contributed by atoms with van der Waals surface area (Å²) in [6, 6.07) is 2.43. The van der Waals surface area contributed by atoms with E-state index in [2.05, 4.69) is 0 Å². The molecule has 1 aromatic carbocycles. The van der Waals surface area contributed by atoms with Gasteiger partial charge < -0.3 is 5.73 Å². The minimum atomic E-state index is -0.840. The standard InChI is InChI=1S/C9H11F2NS/c1-2-5-13-9-7(12)4-3-6(10)8(9)11/h3-4H,2,5,12H2,1H3. The van der Waals surface area contributed by atoms with Crippen molar-refractivity contribution >= 4 is 17.4 Å². The van der Waals surface area contributed by atoms with E-state index in [1.54, 1.807) is 0 Å². The van der Waals surface area contributed by atoms with E-state index in [0.29, 0.717) is 5.69 Å². The molecule has 72 valence electrons. The molecule has 1 rings (SSSR count). The Morgan fingerprint density at radius 1 is 1.38 bits per heavy atom. The van der Waals surface area contributed by atoms with Gasteiger partial charge in [0.25, 0.3) is 0 Å². The summed E-state index contributed by atoms with van der Waals surface area (Å²) in [6.45, 7) is 1.97. The minimum absolute atomic E-state index is 0.224. The van der Waals surface area contributed by atoms with Gasteiger partial charge in [0.15, 0.2) is 11.6 Å². The van der Waals surface area contributed by atoms with Gasteiger partial charge in [-0.3, -0.25) is 0 Å². The first kappa shape index (κ1) is 10.3. The van der Waals surface area contributed by atoms with Gasteiger partial charge in [0.2, 0.25) is 0 Å². The molecule has 0 bridgehead atoms. The molecule has 1 aromatic rings. The van der Waals surface area contributed by atoms with Crippen molar-refractivity contribution in [2.75, 3.05) is 11.5 Å². The number of rotatable bonds is 3. The predicted octanol–water partition coefficient (Wildman–Crippen LogP) is 3.05. The summed E-state index contributed by atoms with van der Waals surface area (Å²) >= 11 is 1.25. The van der Waals surface area contributed by atoms with Crippen molar-refractivity contribution in [3.8, 4) is 0 Å². The Morgan fingerprint density at radius 3 is 2.69 bits per heavy atom. The number of nitrogen functional groups attached to an aromatic ring is 1. The lowest BCUT2D eigenvalue weighted by molar-refractivity contribution is 0.492. The average molecular weight is 203 g/mol. The van der Waals surface area contributed by atoms with E-state index in [0.717, 1.165) is 18.2 Å². The molecule has 0 radical (unpaired) electrons. The first-order chi connectivity index (χ1) is 6.16. The van der Waals surface area contributed by atoms with Crippen LogP contribution in [0.1, 0.15) is 13.3 Å². The fraction of sp³-hybridized carbons (Fsp3) is 0.333. The first-order valence-electron chi connectivity index (χ1n) is 4.03. The molecule has 0 spiro atoms. The van der Waals surface area contributed by atoms with Crippen LogP contribution < -0.4 is 5.73 Å². The third kappa shape index (κ3) is 2.34. The smallest absolute Gasteiger partial charge is 0.174 e. The summed E-state index contributed by atoms with van der Waals surface area (Å²) in [6.07, 6.45) is 0.903. The number of halogens is 2. The number of anilines is 1. The summed E-state index contributed by atoms with van der Waals surface area (Å²) in [4.78, 5) is 0.224. The Kier molecular flexibility index (Phi) is 3.54. The molecule has 0 fully saturated rings. The number of hydrogen-bond acceptors (Lipinski definition) is 2. The highest BCUT2D eigenvalue weighted by Gasteiger charge is 2.11. The van der Waals surface area contributed by atoms with Crippen LogP contribution in [-0.2, 0) is 0 Å². The van der Waals surface area contributed by atoms with Gasteiger partial charge in [-0.05, 0) is 24.3 Å². The maximum absolute atomic E-state index is 13.1. The second kappa shape index (κ2) is 4.46. The zero-order valence-corrected chi connectivity index (χ0v) is 8.13. The number of benzene rings is 1. The van der Waals surface area contributed by atoms with E-state index >= 15 is 0 Å². The van der Waals surface area contributed by atoms with Gasteiger partial charge in [-0.2, -0.15) is 0 Å². The zero-order valence-electron chi connectivity index (χ0n) is 7.31. The molecule has 0 saturated heterocycles. The topological polar surface area (TPSA) is 26.0 Å². The number of hydrogen-bond donors (Lipinski definition) is 1. The highest BCUT2D eigenvalue weighted by atomic mass is 32.2. The Morgan fingerprint density at radius 2 is 2.08 bits per heavy atom. The second-order valence-electron chi connectivity index (χ2n) is 2.63. The van der Waals surface area contributed by atoms with Gasteiger partial charge in [-0.25, -0.2) is 8.78 Å². The van der Waals surface area contributed by atoms with Crippen molar-refractivity contribution < 1.29 is 8.78 Å². The van der Waals surface area contributed by atoms with Crippen LogP contribution in [0.4, 0.5) is 14.5 Å². The summed E-state index contributed by atoms with van der Waals surface area (Å²) in [5.41, 5.74) is 5.81. The van der Waals surface area contributed by atoms with Crippen LogP contribution >= 0.6 is 11.8 Å². The lowest BCUT2D eigenvalue weighted by Gasteiger charge is -2.05. The third-order valence-electron chi connectivity index (χ3n) is 1.53. The SMILES string of the molecule is CCCSc1c(N)ccc(F)c1F. The molecule has 4 heteroatoms. The maximum Gasteiger partial charge on any atom is 0.174 e. The van der Waals surface area contributed by atoms with Gasteiger partial charge in [-0.1, -0.05) is 6.92 Å². The van der Waals surface area contributed by atoms with E-state index in [-0.39, 0.29) is 4.90 Å². The largest absolute Gasteiger partial charge is 0.398 e. The monoisotopic (exact) mass is 203 g/mol. The van der Waals surface area contributed by atoms with Gasteiger partial charge in [0.1, 0.15) is 0 Å². The van der Waals surface area contributed by atoms with Crippen LogP contribution in [0, 0.1) is 11.6 Å². The number of thioether (sulfide) groups is 1. The Hall–Kier alpha value is -0.770. The zero-order chi connectivity index (χ0) is 9.84. The second-order valence-corrected chi connectivity index (χ2v) is 3.73. The van der Waals surface area contributed by atoms with Crippen molar-refractivity contribution in [3.63, 3.8) is 0 Å². The highest BCUT2D eigenvalue weighted by Crippen LogP contribution is 2.29. The molecule has 2 N–H and O–H groups in total. The van der Waals surface area contributed by atoms with Crippen LogP contribution in [0.5, 0.6) is 0 Å². The van der Waals surface area contributed by atoms with Crippen molar-refractivity contribution in [2.24, 2.45) is 0 Å². The van der Waals surface area contributed by atoms with Crippen molar-refractivity contribution in [2.45, 2.75) is 18.2 Å². The molecule has 0 aromatic heterocycles. The molecule has 13 heavy (non-hydrogen) atoms. The fourth-order valence-corrected chi connectivity index (χ4v) is 1.76. The molecular weight excluding hydrogens is 192 g/mol. The summed E-state index contributed by atoms with van der Waals surface area (Å²) < 4.78 is 25.9. The van der Waals surface area contributed by atoms with Crippen LogP contribution in [0.25, 0.3) is 0 Å². The molecule has 0 aliphatic carbocycles. The van der Waals surface area contributed by atoms with E-state index in [4.69, 9.17) is 5.73 Å². The highest BCUT2D eigenvalue weighted by molar-refractivity contribution is 7.99. The number of nitrogens with two attached hydrogens (primary N) is 1. The normalized spacial score (nSPS) is 10.4. The molecule has 0 heterocycles. The van der Waals surface area contributed by atoms with Crippen molar-refractivity contribution in [1.29, 1.82) is 0 Å². The van der Waals surface area contributed by atoms with E-state index in [1.807, 2.05) is 6.92 Å². The first-order valence-corrected chi connectivity index (χ1v) is 5.01. The molecule has 0 unspecified atom stereocenters. The molecular formula is C9H11F2NS. The summed E-state index contributed by atoms with van der Waals surface area (Å²) in [5, 5.41) is 0. The van der Waals surface area contributed by atoms with Crippen molar-refractivity contribution in [1.82, 2.24) is 0 Å². The van der Waals surface area contributed by atoms with Gasteiger partial charge in [0, 0.05) is 5.69 Å². The average Bonchev–Trinajstić information content (AvgIpc) is 2.12. The van der Waals surface area contributed by atoms with Crippen LogP contribution in [0.2, 0.25) is 0 Å². The summed E-state index contributed by atoms with van der Waals surface area (Å²) in [7, 11) is 0. The fourth-order valence-electron chi connectivity index (χ4n) is 0.898. The Labute approximate surface area is 80.3 Å². The molecule has 0 aliphatic heterocycles. The molecule has 0 saturated carbocycles. The maximum atomic E-state index is 13.1. The van der Waals surface area contributed by atoms with Crippen LogP contribution in [0.15, 0.2) is 17.0 Å². The third-order valence-corrected chi connectivity index (χ3v) is 2.85. The molecule has 0 aliphatic rings. The van der Waals surface area contributed by atoms with E-state index in [1.165, 1.54) is 17.8 Å². The molecule has 1 nitrogen and oxygen atoms in total. The quantitative estimate of drug-likeness (QED) is 0.603. The van der Waals surface area contributed by atoms with Gasteiger partial charge in [0.05, 0.1) is 4.90 Å². The Balaban J connectivity index is 2.96. The molecule has 0 atom stereocenters.